The Bertz CT molecular complexity index is 319. The lowest BCUT2D eigenvalue weighted by Crippen LogP contribution is -1.83. The first-order chi connectivity index (χ1) is 9.86. The van der Waals surface area contributed by atoms with E-state index in [2.05, 4.69) is 0 Å². The fourth-order valence-corrected chi connectivity index (χ4v) is 1.10. The highest BCUT2D eigenvalue weighted by Gasteiger charge is 1.89. The van der Waals surface area contributed by atoms with Gasteiger partial charge in [0.05, 0.1) is 14.2 Å². The lowest BCUT2D eigenvalue weighted by Gasteiger charge is -2.00. The van der Waals surface area contributed by atoms with Gasteiger partial charge in [-0.05, 0) is 24.3 Å². The molecule has 0 aromatic heterocycles. The van der Waals surface area contributed by atoms with Gasteiger partial charge >= 0.3 is 0 Å². The van der Waals surface area contributed by atoms with Gasteiger partial charge in [0.2, 0.25) is 0 Å². The summed E-state index contributed by atoms with van der Waals surface area (Å²) in [6, 6.07) is 19.4. The van der Waals surface area contributed by atoms with Crippen molar-refractivity contribution in [2.24, 2.45) is 0 Å². The van der Waals surface area contributed by atoms with E-state index in [1.807, 2.05) is 88.4 Å². The largest absolute Gasteiger partial charge is 0.497 e. The van der Waals surface area contributed by atoms with Crippen molar-refractivity contribution in [1.29, 1.82) is 0 Å². The van der Waals surface area contributed by atoms with Gasteiger partial charge in [-0.3, -0.25) is 0 Å². The van der Waals surface area contributed by atoms with Gasteiger partial charge in [0.15, 0.2) is 0 Å². The second kappa shape index (κ2) is 17.0. The average Bonchev–Trinajstić information content (AvgIpc) is 2.60. The fourth-order valence-electron chi connectivity index (χ4n) is 1.10. The van der Waals surface area contributed by atoms with E-state index in [1.54, 1.807) is 14.2 Å². The molecule has 2 nitrogen and oxygen atoms in total. The lowest BCUT2D eigenvalue weighted by atomic mass is 10.3. The molecule has 0 saturated carbocycles. The Morgan fingerprint density at radius 1 is 0.500 bits per heavy atom. The highest BCUT2D eigenvalue weighted by atomic mass is 16.5. The van der Waals surface area contributed by atoms with Gasteiger partial charge in [-0.1, -0.05) is 64.1 Å². The molecule has 2 aromatic rings. The summed E-state index contributed by atoms with van der Waals surface area (Å²) >= 11 is 0. The summed E-state index contributed by atoms with van der Waals surface area (Å²) < 4.78 is 9.92. The minimum absolute atomic E-state index is 0.848. The van der Waals surface area contributed by atoms with E-state index in [1.165, 1.54) is 0 Å². The molecule has 112 valence electrons. The number of methoxy groups -OCH3 is 2. The average molecular weight is 276 g/mol. The third-order valence-corrected chi connectivity index (χ3v) is 1.96. The second-order valence-electron chi connectivity index (χ2n) is 3.03. The molecule has 0 spiro atoms. The third kappa shape index (κ3) is 11.1. The Hall–Kier alpha value is -1.96. The van der Waals surface area contributed by atoms with E-state index in [9.17, 15) is 0 Å². The number of hydrogen-bond donors (Lipinski definition) is 0. The third-order valence-electron chi connectivity index (χ3n) is 1.96. The number of benzene rings is 2. The fraction of sp³-hybridized carbons (Fsp3) is 0.333. The minimum atomic E-state index is 0.848. The van der Waals surface area contributed by atoms with Crippen molar-refractivity contribution in [3.05, 3.63) is 60.7 Å². The molecular formula is C18H28O2. The molecule has 20 heavy (non-hydrogen) atoms. The zero-order chi connectivity index (χ0) is 15.6. The van der Waals surface area contributed by atoms with Crippen molar-refractivity contribution >= 4 is 0 Å². The quantitative estimate of drug-likeness (QED) is 0.727. The van der Waals surface area contributed by atoms with Gasteiger partial charge < -0.3 is 9.47 Å². The van der Waals surface area contributed by atoms with Crippen LogP contribution in [0.15, 0.2) is 60.7 Å². The van der Waals surface area contributed by atoms with Crippen molar-refractivity contribution in [3.63, 3.8) is 0 Å². The topological polar surface area (TPSA) is 18.5 Å². The van der Waals surface area contributed by atoms with E-state index in [4.69, 9.17) is 9.47 Å². The normalized spacial score (nSPS) is 7.50. The molecule has 0 aliphatic rings. The van der Waals surface area contributed by atoms with Gasteiger partial charge in [0.25, 0.3) is 0 Å². The van der Waals surface area contributed by atoms with Crippen molar-refractivity contribution < 1.29 is 9.47 Å². The first-order valence-corrected chi connectivity index (χ1v) is 7.05. The van der Waals surface area contributed by atoms with Crippen LogP contribution in [0.4, 0.5) is 0 Å². The van der Waals surface area contributed by atoms with Crippen LogP contribution in [0.3, 0.4) is 0 Å². The molecule has 0 saturated heterocycles. The molecule has 2 rings (SSSR count). The standard InChI is InChI=1S/C8H10O2.C6H6.2C2H6/c1-9-7-3-5-8(10-2)6-4-7;1-2-4-6-5-3-1;2*1-2/h3-6H,1-2H3;1-6H;2*1-2H3. The Kier molecular flexibility index (Phi) is 17.3. The number of ether oxygens (including phenoxy) is 2. The van der Waals surface area contributed by atoms with E-state index >= 15 is 0 Å². The summed E-state index contributed by atoms with van der Waals surface area (Å²) in [5, 5.41) is 0. The molecule has 0 atom stereocenters. The molecule has 0 radical (unpaired) electrons. The first kappa shape index (κ1) is 20.4. The summed E-state index contributed by atoms with van der Waals surface area (Å²) in [6.07, 6.45) is 0. The van der Waals surface area contributed by atoms with Gasteiger partial charge in [0.1, 0.15) is 11.5 Å². The summed E-state index contributed by atoms with van der Waals surface area (Å²) in [4.78, 5) is 0. The first-order valence-electron chi connectivity index (χ1n) is 7.05. The van der Waals surface area contributed by atoms with Gasteiger partial charge in [-0.25, -0.2) is 0 Å². The van der Waals surface area contributed by atoms with Crippen molar-refractivity contribution in [3.8, 4) is 11.5 Å². The van der Waals surface area contributed by atoms with Gasteiger partial charge in [-0.2, -0.15) is 0 Å². The maximum absolute atomic E-state index is 4.96. The molecule has 0 N–H and O–H groups in total. The van der Waals surface area contributed by atoms with Crippen molar-refractivity contribution in [2.75, 3.05) is 14.2 Å². The molecule has 0 unspecified atom stereocenters. The van der Waals surface area contributed by atoms with Crippen LogP contribution < -0.4 is 9.47 Å². The van der Waals surface area contributed by atoms with Crippen LogP contribution in [-0.4, -0.2) is 14.2 Å². The molecule has 0 fully saturated rings. The predicted molar refractivity (Wildman–Crippen MR) is 88.7 cm³/mol. The van der Waals surface area contributed by atoms with E-state index in [-0.39, 0.29) is 0 Å². The number of hydrogen-bond acceptors (Lipinski definition) is 2. The van der Waals surface area contributed by atoms with Crippen LogP contribution >= 0.6 is 0 Å². The van der Waals surface area contributed by atoms with Gasteiger partial charge in [-0.15, -0.1) is 0 Å². The predicted octanol–water partition coefficient (Wildman–Crippen LogP) is 5.44. The highest BCUT2D eigenvalue weighted by Crippen LogP contribution is 2.15. The number of rotatable bonds is 2. The maximum atomic E-state index is 4.96. The minimum Gasteiger partial charge on any atom is -0.497 e. The van der Waals surface area contributed by atoms with Crippen LogP contribution in [0.25, 0.3) is 0 Å². The van der Waals surface area contributed by atoms with E-state index in [0.29, 0.717) is 0 Å². The summed E-state index contributed by atoms with van der Waals surface area (Å²) in [7, 11) is 3.28. The molecule has 0 bridgehead atoms. The van der Waals surface area contributed by atoms with Crippen LogP contribution in [0, 0.1) is 0 Å². The van der Waals surface area contributed by atoms with E-state index < -0.39 is 0 Å². The Labute approximate surface area is 124 Å². The Morgan fingerprint density at radius 3 is 0.850 bits per heavy atom. The molecule has 2 heteroatoms. The van der Waals surface area contributed by atoms with Crippen LogP contribution in [0.1, 0.15) is 27.7 Å². The maximum Gasteiger partial charge on any atom is 0.119 e. The van der Waals surface area contributed by atoms with Gasteiger partial charge in [0, 0.05) is 0 Å². The molecular weight excluding hydrogens is 248 g/mol. The monoisotopic (exact) mass is 276 g/mol. The van der Waals surface area contributed by atoms with Crippen molar-refractivity contribution in [2.45, 2.75) is 27.7 Å². The van der Waals surface area contributed by atoms with Crippen molar-refractivity contribution in [1.82, 2.24) is 0 Å². The molecule has 0 amide bonds. The van der Waals surface area contributed by atoms with Crippen LogP contribution in [0.2, 0.25) is 0 Å². The SMILES string of the molecule is CC.CC.COc1ccc(OC)cc1.c1ccccc1. The molecule has 0 aliphatic carbocycles. The highest BCUT2D eigenvalue weighted by molar-refractivity contribution is 5.30. The molecule has 0 heterocycles. The Morgan fingerprint density at radius 2 is 0.700 bits per heavy atom. The zero-order valence-electron chi connectivity index (χ0n) is 13.6. The molecule has 2 aromatic carbocycles. The smallest absolute Gasteiger partial charge is 0.119 e. The van der Waals surface area contributed by atoms with Crippen LogP contribution in [-0.2, 0) is 0 Å². The Balaban J connectivity index is 0. The second-order valence-corrected chi connectivity index (χ2v) is 3.03. The lowest BCUT2D eigenvalue weighted by molar-refractivity contribution is 0.403. The van der Waals surface area contributed by atoms with Crippen LogP contribution in [0.5, 0.6) is 11.5 Å². The summed E-state index contributed by atoms with van der Waals surface area (Å²) in [5.41, 5.74) is 0. The zero-order valence-corrected chi connectivity index (χ0v) is 13.6. The summed E-state index contributed by atoms with van der Waals surface area (Å²) in [5.74, 6) is 1.70. The summed E-state index contributed by atoms with van der Waals surface area (Å²) in [6.45, 7) is 8.00. The van der Waals surface area contributed by atoms with E-state index in [0.717, 1.165) is 11.5 Å². The molecule has 0 aliphatic heterocycles.